The van der Waals surface area contributed by atoms with Gasteiger partial charge in [0.05, 0.1) is 23.5 Å². The number of nitrogens with one attached hydrogen (secondary N) is 1. The van der Waals surface area contributed by atoms with Gasteiger partial charge < -0.3 is 15.1 Å². The normalized spacial score (nSPS) is 18.6. The van der Waals surface area contributed by atoms with Gasteiger partial charge in [0.2, 0.25) is 0 Å². The molecule has 5 rings (SSSR count). The summed E-state index contributed by atoms with van der Waals surface area (Å²) in [4.78, 5) is 25.7. The molecule has 8 nitrogen and oxygen atoms in total. The highest BCUT2D eigenvalue weighted by atomic mass is 35.5. The Kier molecular flexibility index (Phi) is 4.44. The summed E-state index contributed by atoms with van der Waals surface area (Å²) in [6.45, 7) is 2.40. The van der Waals surface area contributed by atoms with Crippen LogP contribution >= 0.6 is 11.6 Å². The van der Waals surface area contributed by atoms with Crippen molar-refractivity contribution in [1.82, 2.24) is 25.1 Å². The molecule has 0 radical (unpaired) electrons. The monoisotopic (exact) mass is 409 g/mol. The zero-order valence-electron chi connectivity index (χ0n) is 15.9. The number of nitrogens with zero attached hydrogens (tertiary/aromatic N) is 6. The summed E-state index contributed by atoms with van der Waals surface area (Å²) >= 11 is 5.89. The predicted molar refractivity (Wildman–Crippen MR) is 111 cm³/mol. The molecule has 3 aromatic rings. The summed E-state index contributed by atoms with van der Waals surface area (Å²) in [7, 11) is 1.99. The van der Waals surface area contributed by atoms with Crippen LogP contribution in [-0.2, 0) is 6.54 Å². The van der Waals surface area contributed by atoms with E-state index in [1.807, 2.05) is 25.4 Å². The molecule has 0 saturated carbocycles. The third-order valence-electron chi connectivity index (χ3n) is 5.48. The van der Waals surface area contributed by atoms with E-state index in [0.29, 0.717) is 29.1 Å². The lowest BCUT2D eigenvalue weighted by atomic mass is 10.3. The van der Waals surface area contributed by atoms with Crippen molar-refractivity contribution < 1.29 is 4.79 Å². The van der Waals surface area contributed by atoms with E-state index in [1.54, 1.807) is 34.1 Å². The van der Waals surface area contributed by atoms with Crippen LogP contribution in [0.2, 0.25) is 5.02 Å². The van der Waals surface area contributed by atoms with Crippen molar-refractivity contribution in [3.8, 4) is 5.82 Å². The molecule has 0 aliphatic carbocycles. The Morgan fingerprint density at radius 1 is 1.14 bits per heavy atom. The Hall–Kier alpha value is -2.97. The third-order valence-corrected chi connectivity index (χ3v) is 5.70. The fourth-order valence-electron chi connectivity index (χ4n) is 3.83. The molecular formula is C20H20ClN7O. The summed E-state index contributed by atoms with van der Waals surface area (Å²) in [6.07, 6.45) is 6.27. The molecule has 5 heterocycles. The highest BCUT2D eigenvalue weighted by molar-refractivity contribution is 6.30. The molecule has 1 fully saturated rings. The number of rotatable bonds is 4. The van der Waals surface area contributed by atoms with Gasteiger partial charge in [-0.05, 0) is 37.7 Å². The van der Waals surface area contributed by atoms with Crippen molar-refractivity contribution in [2.75, 3.05) is 29.9 Å². The molecule has 0 spiro atoms. The van der Waals surface area contributed by atoms with Crippen LogP contribution in [0, 0.1) is 0 Å². The van der Waals surface area contributed by atoms with E-state index in [4.69, 9.17) is 11.6 Å². The average molecular weight is 410 g/mol. The molecule has 1 atom stereocenters. The minimum Gasteiger partial charge on any atom is -0.355 e. The number of amides is 1. The first-order valence-electron chi connectivity index (χ1n) is 9.53. The van der Waals surface area contributed by atoms with Gasteiger partial charge in [-0.15, -0.1) is 0 Å². The predicted octanol–water partition coefficient (Wildman–Crippen LogP) is 2.27. The fourth-order valence-corrected chi connectivity index (χ4v) is 3.95. The van der Waals surface area contributed by atoms with Gasteiger partial charge in [0.25, 0.3) is 5.91 Å². The van der Waals surface area contributed by atoms with Crippen molar-refractivity contribution in [2.24, 2.45) is 0 Å². The molecule has 0 unspecified atom stereocenters. The Morgan fingerprint density at radius 3 is 2.62 bits per heavy atom. The highest BCUT2D eigenvalue weighted by Gasteiger charge is 2.33. The number of anilines is 2. The number of hydrogen-bond donors (Lipinski definition) is 1. The van der Waals surface area contributed by atoms with Gasteiger partial charge in [-0.25, -0.2) is 14.6 Å². The minimum atomic E-state index is -0.126. The molecule has 1 N–H and O–H groups in total. The second-order valence-electron chi connectivity index (χ2n) is 7.27. The standard InChI is InChI=1S/C20H20ClN7O/c1-22-15-6-7-26(12-15)17-5-3-16(9-24-17)27-10-13-11-28(25-19(13)20(27)29)18-4-2-14(21)8-23-18/h2-5,8-9,11,15,22H,6-7,10,12H2,1H3/t15-/m0/s1. The van der Waals surface area contributed by atoms with Crippen molar-refractivity contribution in [2.45, 2.75) is 19.0 Å². The fraction of sp³-hybridized carbons (Fsp3) is 0.300. The number of halogens is 1. The summed E-state index contributed by atoms with van der Waals surface area (Å²) in [6, 6.07) is 7.95. The molecule has 148 valence electrons. The van der Waals surface area contributed by atoms with Crippen LogP contribution in [0.3, 0.4) is 0 Å². The first-order valence-corrected chi connectivity index (χ1v) is 9.91. The number of hydrogen-bond acceptors (Lipinski definition) is 6. The molecule has 9 heteroatoms. The zero-order valence-corrected chi connectivity index (χ0v) is 16.7. The van der Waals surface area contributed by atoms with Gasteiger partial charge in [-0.2, -0.15) is 5.10 Å². The summed E-state index contributed by atoms with van der Waals surface area (Å²) in [5.41, 5.74) is 2.09. The number of aromatic nitrogens is 4. The smallest absolute Gasteiger partial charge is 0.279 e. The maximum Gasteiger partial charge on any atom is 0.279 e. The van der Waals surface area contributed by atoms with Gasteiger partial charge in [0.15, 0.2) is 11.5 Å². The molecule has 0 bridgehead atoms. The minimum absolute atomic E-state index is 0.126. The number of carbonyl (C=O) groups excluding carboxylic acids is 1. The third kappa shape index (κ3) is 3.24. The summed E-state index contributed by atoms with van der Waals surface area (Å²) in [5, 5.41) is 8.30. The van der Waals surface area contributed by atoms with Crippen LogP contribution in [0.1, 0.15) is 22.5 Å². The highest BCUT2D eigenvalue weighted by Crippen LogP contribution is 2.29. The Bertz CT molecular complexity index is 1050. The first kappa shape index (κ1) is 18.1. The lowest BCUT2D eigenvalue weighted by Crippen LogP contribution is -2.30. The largest absolute Gasteiger partial charge is 0.355 e. The molecule has 1 amide bonds. The van der Waals surface area contributed by atoms with Crippen LogP contribution in [0.25, 0.3) is 5.82 Å². The molecule has 1 saturated heterocycles. The van der Waals surface area contributed by atoms with E-state index in [9.17, 15) is 4.79 Å². The summed E-state index contributed by atoms with van der Waals surface area (Å²) < 4.78 is 1.61. The number of fused-ring (bicyclic) bond motifs is 1. The van der Waals surface area contributed by atoms with Gasteiger partial charge in [-0.1, -0.05) is 11.6 Å². The van der Waals surface area contributed by atoms with Gasteiger partial charge in [-0.3, -0.25) is 4.79 Å². The molecule has 3 aromatic heterocycles. The van der Waals surface area contributed by atoms with E-state index in [1.165, 1.54) is 0 Å². The lowest BCUT2D eigenvalue weighted by Gasteiger charge is -2.20. The van der Waals surface area contributed by atoms with Crippen LogP contribution < -0.4 is 15.1 Å². The molecule has 29 heavy (non-hydrogen) atoms. The number of carbonyl (C=O) groups is 1. The Balaban J connectivity index is 1.33. The SMILES string of the molecule is CN[C@H]1CCN(c2ccc(N3Cc4cn(-c5ccc(Cl)cn5)nc4C3=O)cn2)C1. The van der Waals surface area contributed by atoms with Crippen molar-refractivity contribution >= 4 is 29.0 Å². The number of pyridine rings is 2. The lowest BCUT2D eigenvalue weighted by molar-refractivity contribution is 0.0991. The van der Waals surface area contributed by atoms with Crippen LogP contribution in [0.15, 0.2) is 42.9 Å². The maximum absolute atomic E-state index is 12.9. The first-order chi connectivity index (χ1) is 14.1. The van der Waals surface area contributed by atoms with E-state index in [-0.39, 0.29) is 5.91 Å². The van der Waals surface area contributed by atoms with Crippen molar-refractivity contribution in [1.29, 1.82) is 0 Å². The second kappa shape index (κ2) is 7.13. The van der Waals surface area contributed by atoms with E-state index in [2.05, 4.69) is 25.3 Å². The number of likely N-dealkylation sites (N-methyl/N-ethyl adjacent to an activating group) is 1. The van der Waals surface area contributed by atoms with Crippen LogP contribution in [-0.4, -0.2) is 51.8 Å². The van der Waals surface area contributed by atoms with Gasteiger partial charge in [0.1, 0.15) is 5.82 Å². The quantitative estimate of drug-likeness (QED) is 0.712. The van der Waals surface area contributed by atoms with E-state index < -0.39 is 0 Å². The Labute approximate surface area is 173 Å². The van der Waals surface area contributed by atoms with E-state index in [0.717, 1.165) is 36.6 Å². The Morgan fingerprint density at radius 2 is 1.97 bits per heavy atom. The zero-order chi connectivity index (χ0) is 20.0. The summed E-state index contributed by atoms with van der Waals surface area (Å²) in [5.74, 6) is 1.44. The van der Waals surface area contributed by atoms with Crippen molar-refractivity contribution in [3.63, 3.8) is 0 Å². The molecular weight excluding hydrogens is 390 g/mol. The molecule has 2 aliphatic rings. The van der Waals surface area contributed by atoms with Crippen molar-refractivity contribution in [3.05, 3.63) is 59.1 Å². The topological polar surface area (TPSA) is 79.2 Å². The van der Waals surface area contributed by atoms with Gasteiger partial charge in [0, 0.05) is 37.1 Å². The molecule has 2 aliphatic heterocycles. The maximum atomic E-state index is 12.9. The van der Waals surface area contributed by atoms with Crippen LogP contribution in [0.4, 0.5) is 11.5 Å². The average Bonchev–Trinajstić information content (AvgIpc) is 3.45. The second-order valence-corrected chi connectivity index (χ2v) is 7.70. The van der Waals surface area contributed by atoms with E-state index >= 15 is 0 Å². The van der Waals surface area contributed by atoms with Gasteiger partial charge >= 0.3 is 0 Å². The van der Waals surface area contributed by atoms with Crippen LogP contribution in [0.5, 0.6) is 0 Å². The molecule has 0 aromatic carbocycles.